The molecule has 92 valence electrons. The standard InChI is InChI=1S/C11H11F3N2O/c1-8-7-15-16(9-5-3-2-4-6-9)10(8,17)11(12,13)14/h2-8,17H,1H3. The molecule has 0 aromatic heterocycles. The van der Waals surface area contributed by atoms with Gasteiger partial charge < -0.3 is 5.11 Å². The molecule has 0 spiro atoms. The number of hydrogen-bond donors (Lipinski definition) is 1. The highest BCUT2D eigenvalue weighted by atomic mass is 19.4. The molecule has 1 N–H and O–H groups in total. The quantitative estimate of drug-likeness (QED) is 0.823. The van der Waals surface area contributed by atoms with Crippen molar-refractivity contribution in [3.63, 3.8) is 0 Å². The van der Waals surface area contributed by atoms with E-state index >= 15 is 0 Å². The first-order valence-corrected chi connectivity index (χ1v) is 5.06. The van der Waals surface area contributed by atoms with Crippen molar-refractivity contribution < 1.29 is 18.3 Å². The zero-order chi connectivity index (χ0) is 12.7. The van der Waals surface area contributed by atoms with Gasteiger partial charge in [-0.05, 0) is 12.1 Å². The number of halogens is 3. The molecule has 0 saturated carbocycles. The van der Waals surface area contributed by atoms with E-state index in [9.17, 15) is 18.3 Å². The van der Waals surface area contributed by atoms with Crippen LogP contribution in [0, 0.1) is 5.92 Å². The third-order valence-corrected chi connectivity index (χ3v) is 2.78. The minimum atomic E-state index is -4.78. The summed E-state index contributed by atoms with van der Waals surface area (Å²) in [6.07, 6.45) is -3.68. The lowest BCUT2D eigenvalue weighted by atomic mass is 9.98. The highest BCUT2D eigenvalue weighted by molar-refractivity contribution is 5.71. The summed E-state index contributed by atoms with van der Waals surface area (Å²) >= 11 is 0. The molecule has 1 heterocycles. The average molecular weight is 244 g/mol. The molecule has 0 amide bonds. The fourth-order valence-electron chi connectivity index (χ4n) is 1.76. The molecular formula is C11H11F3N2O. The van der Waals surface area contributed by atoms with Crippen LogP contribution in [0.1, 0.15) is 6.92 Å². The van der Waals surface area contributed by atoms with Gasteiger partial charge in [0.25, 0.3) is 5.72 Å². The Labute approximate surface area is 96.2 Å². The molecular weight excluding hydrogens is 233 g/mol. The van der Waals surface area contributed by atoms with E-state index in [1.54, 1.807) is 18.2 Å². The number of alkyl halides is 3. The van der Waals surface area contributed by atoms with E-state index in [4.69, 9.17) is 0 Å². The van der Waals surface area contributed by atoms with Gasteiger partial charge in [0.05, 0.1) is 11.6 Å². The normalized spacial score (nSPS) is 28.8. The summed E-state index contributed by atoms with van der Waals surface area (Å²) in [5, 5.41) is 14.1. The predicted molar refractivity (Wildman–Crippen MR) is 57.6 cm³/mol. The van der Waals surface area contributed by atoms with Gasteiger partial charge in [-0.2, -0.15) is 18.3 Å². The topological polar surface area (TPSA) is 35.8 Å². The lowest BCUT2D eigenvalue weighted by Crippen LogP contribution is -2.58. The number of hydrogen-bond acceptors (Lipinski definition) is 3. The van der Waals surface area contributed by atoms with Crippen LogP contribution in [0.2, 0.25) is 0 Å². The van der Waals surface area contributed by atoms with E-state index in [1.165, 1.54) is 19.1 Å². The van der Waals surface area contributed by atoms with Crippen LogP contribution in [0.15, 0.2) is 35.4 Å². The van der Waals surface area contributed by atoms with Crippen molar-refractivity contribution in [2.75, 3.05) is 5.01 Å². The number of nitrogens with zero attached hydrogens (tertiary/aromatic N) is 2. The maximum atomic E-state index is 13.0. The van der Waals surface area contributed by atoms with Gasteiger partial charge in [0.1, 0.15) is 0 Å². The van der Waals surface area contributed by atoms with Gasteiger partial charge in [-0.3, -0.25) is 0 Å². The molecule has 0 fully saturated rings. The minimum Gasteiger partial charge on any atom is -0.362 e. The number of para-hydroxylation sites is 1. The SMILES string of the molecule is CC1C=NN(c2ccccc2)C1(O)C(F)(F)F. The monoisotopic (exact) mass is 244 g/mol. The van der Waals surface area contributed by atoms with Gasteiger partial charge in [-0.1, -0.05) is 25.1 Å². The lowest BCUT2D eigenvalue weighted by molar-refractivity contribution is -0.266. The second-order valence-corrected chi connectivity index (χ2v) is 3.92. The molecule has 3 nitrogen and oxygen atoms in total. The highest BCUT2D eigenvalue weighted by Crippen LogP contribution is 2.43. The molecule has 6 heteroatoms. The first-order chi connectivity index (χ1) is 7.87. The van der Waals surface area contributed by atoms with Crippen molar-refractivity contribution in [3.05, 3.63) is 30.3 Å². The number of rotatable bonds is 1. The van der Waals surface area contributed by atoms with Crippen molar-refractivity contribution in [1.29, 1.82) is 0 Å². The van der Waals surface area contributed by atoms with Crippen molar-refractivity contribution in [2.24, 2.45) is 11.0 Å². The molecule has 0 bridgehead atoms. The van der Waals surface area contributed by atoms with Gasteiger partial charge in [0, 0.05) is 6.21 Å². The number of benzene rings is 1. The van der Waals surface area contributed by atoms with Crippen LogP contribution in [0.25, 0.3) is 0 Å². The third kappa shape index (κ3) is 1.68. The number of hydrazone groups is 1. The highest BCUT2D eigenvalue weighted by Gasteiger charge is 2.63. The van der Waals surface area contributed by atoms with E-state index in [0.29, 0.717) is 5.01 Å². The Morgan fingerprint density at radius 2 is 1.88 bits per heavy atom. The maximum absolute atomic E-state index is 13.0. The van der Waals surface area contributed by atoms with Gasteiger partial charge in [0.2, 0.25) is 0 Å². The predicted octanol–water partition coefficient (Wildman–Crippen LogP) is 2.38. The van der Waals surface area contributed by atoms with Gasteiger partial charge in [-0.25, -0.2) is 5.01 Å². The van der Waals surface area contributed by atoms with Crippen LogP contribution in [0.3, 0.4) is 0 Å². The Morgan fingerprint density at radius 3 is 2.41 bits per heavy atom. The Kier molecular flexibility index (Phi) is 2.61. The summed E-state index contributed by atoms with van der Waals surface area (Å²) in [5.74, 6) is -1.12. The Hall–Kier alpha value is -1.56. The zero-order valence-electron chi connectivity index (χ0n) is 9.02. The number of aliphatic hydroxyl groups is 1. The molecule has 17 heavy (non-hydrogen) atoms. The summed E-state index contributed by atoms with van der Waals surface area (Å²) in [7, 11) is 0. The summed E-state index contributed by atoms with van der Waals surface area (Å²) < 4.78 is 38.9. The fraction of sp³-hybridized carbons (Fsp3) is 0.364. The van der Waals surface area contributed by atoms with Crippen molar-refractivity contribution in [2.45, 2.75) is 18.8 Å². The summed E-state index contributed by atoms with van der Waals surface area (Å²) in [6.45, 7) is 1.28. The molecule has 2 rings (SSSR count). The minimum absolute atomic E-state index is 0.202. The van der Waals surface area contributed by atoms with Gasteiger partial charge in [0.15, 0.2) is 0 Å². The molecule has 0 radical (unpaired) electrons. The molecule has 0 aliphatic carbocycles. The lowest BCUT2D eigenvalue weighted by Gasteiger charge is -2.36. The van der Waals surface area contributed by atoms with Gasteiger partial charge in [-0.15, -0.1) is 0 Å². The smallest absolute Gasteiger partial charge is 0.362 e. The molecule has 1 aromatic rings. The van der Waals surface area contributed by atoms with Crippen molar-refractivity contribution in [3.8, 4) is 0 Å². The maximum Gasteiger partial charge on any atom is 0.439 e. The second kappa shape index (κ2) is 3.73. The second-order valence-electron chi connectivity index (χ2n) is 3.92. The van der Waals surface area contributed by atoms with Crippen LogP contribution < -0.4 is 5.01 Å². The average Bonchev–Trinajstić information content (AvgIpc) is 2.58. The fourth-order valence-corrected chi connectivity index (χ4v) is 1.76. The Bertz CT molecular complexity index is 432. The third-order valence-electron chi connectivity index (χ3n) is 2.78. The molecule has 2 atom stereocenters. The summed E-state index contributed by atoms with van der Waals surface area (Å²) in [4.78, 5) is 0. The van der Waals surface area contributed by atoms with E-state index in [0.717, 1.165) is 6.21 Å². The first-order valence-electron chi connectivity index (χ1n) is 5.06. The van der Waals surface area contributed by atoms with E-state index < -0.39 is 17.8 Å². The van der Waals surface area contributed by atoms with Crippen molar-refractivity contribution in [1.82, 2.24) is 0 Å². The zero-order valence-corrected chi connectivity index (χ0v) is 9.02. The van der Waals surface area contributed by atoms with Crippen LogP contribution in [-0.2, 0) is 0 Å². The van der Waals surface area contributed by atoms with Crippen molar-refractivity contribution >= 4 is 11.9 Å². The summed E-state index contributed by atoms with van der Waals surface area (Å²) in [5.41, 5.74) is -2.78. The molecule has 1 aliphatic rings. The Balaban J connectivity index is 2.45. The molecule has 2 unspecified atom stereocenters. The van der Waals surface area contributed by atoms with Crippen LogP contribution in [-0.4, -0.2) is 23.2 Å². The number of anilines is 1. The molecule has 0 saturated heterocycles. The van der Waals surface area contributed by atoms with Crippen LogP contribution in [0.4, 0.5) is 18.9 Å². The summed E-state index contributed by atoms with van der Waals surface area (Å²) in [6, 6.07) is 7.78. The molecule has 1 aliphatic heterocycles. The molecule has 1 aromatic carbocycles. The van der Waals surface area contributed by atoms with E-state index in [1.807, 2.05) is 0 Å². The van der Waals surface area contributed by atoms with E-state index in [2.05, 4.69) is 5.10 Å². The van der Waals surface area contributed by atoms with Gasteiger partial charge >= 0.3 is 6.18 Å². The van der Waals surface area contributed by atoms with Crippen LogP contribution >= 0.6 is 0 Å². The van der Waals surface area contributed by atoms with Crippen LogP contribution in [0.5, 0.6) is 0 Å². The first kappa shape index (κ1) is 11.9. The van der Waals surface area contributed by atoms with E-state index in [-0.39, 0.29) is 5.69 Å². The Morgan fingerprint density at radius 1 is 1.29 bits per heavy atom. The largest absolute Gasteiger partial charge is 0.439 e.